The van der Waals surface area contributed by atoms with Crippen LogP contribution < -0.4 is 4.74 Å². The summed E-state index contributed by atoms with van der Waals surface area (Å²) in [5.41, 5.74) is 2.12. The lowest BCUT2D eigenvalue weighted by Crippen LogP contribution is -2.32. The smallest absolute Gasteiger partial charge is 0.257 e. The molecule has 1 aliphatic heterocycles. The minimum absolute atomic E-state index is 0.118. The van der Waals surface area contributed by atoms with Gasteiger partial charge in [-0.25, -0.2) is 13.4 Å². The molecule has 8 nitrogen and oxygen atoms in total. The number of benzene rings is 2. The zero-order chi connectivity index (χ0) is 24.3. The molecule has 4 rings (SSSR count). The van der Waals surface area contributed by atoms with E-state index in [1.807, 2.05) is 31.2 Å². The quantitative estimate of drug-likeness (QED) is 0.508. The van der Waals surface area contributed by atoms with Crippen LogP contribution in [0.25, 0.3) is 11.0 Å². The zero-order valence-electron chi connectivity index (χ0n) is 20.0. The molecule has 0 saturated carbocycles. The first-order chi connectivity index (χ1) is 16.4. The molecule has 1 saturated heterocycles. The van der Waals surface area contributed by atoms with Gasteiger partial charge in [-0.3, -0.25) is 4.79 Å². The van der Waals surface area contributed by atoms with E-state index in [1.54, 1.807) is 18.0 Å². The molecule has 3 aromatic rings. The molecule has 1 aromatic heterocycles. The second kappa shape index (κ2) is 10.1. The average molecular weight is 485 g/mol. The highest BCUT2D eigenvalue weighted by molar-refractivity contribution is 7.89. The molecule has 2 aromatic carbocycles. The van der Waals surface area contributed by atoms with Crippen molar-refractivity contribution in [2.24, 2.45) is 0 Å². The summed E-state index contributed by atoms with van der Waals surface area (Å²) < 4.78 is 35.6. The van der Waals surface area contributed by atoms with Gasteiger partial charge in [0, 0.05) is 26.7 Å². The Morgan fingerprint density at radius 3 is 2.47 bits per heavy atom. The maximum absolute atomic E-state index is 13.5. The molecule has 1 amide bonds. The summed E-state index contributed by atoms with van der Waals surface area (Å²) in [5.74, 6) is 0.794. The summed E-state index contributed by atoms with van der Waals surface area (Å²) in [4.78, 5) is 19.8. The SMILES string of the molecule is CCn1c(CN(C)C(=O)c2cc(S(=O)(=O)N3CCCCCC3)ccc2OC)nc2ccccc21. The molecule has 0 N–H and O–H groups in total. The number of fused-ring (bicyclic) bond motifs is 1. The van der Waals surface area contributed by atoms with Gasteiger partial charge >= 0.3 is 0 Å². The Morgan fingerprint density at radius 2 is 1.79 bits per heavy atom. The van der Waals surface area contributed by atoms with E-state index in [2.05, 4.69) is 4.57 Å². The van der Waals surface area contributed by atoms with Crippen LogP contribution in [0.5, 0.6) is 5.75 Å². The Bertz CT molecular complexity index is 1280. The first-order valence-electron chi connectivity index (χ1n) is 11.7. The second-order valence-electron chi connectivity index (χ2n) is 8.60. The van der Waals surface area contributed by atoms with Gasteiger partial charge in [0.05, 0.1) is 35.1 Å². The number of aromatic nitrogens is 2. The van der Waals surface area contributed by atoms with Gasteiger partial charge in [0.15, 0.2) is 0 Å². The number of hydrogen-bond acceptors (Lipinski definition) is 5. The zero-order valence-corrected chi connectivity index (χ0v) is 20.8. The van der Waals surface area contributed by atoms with E-state index in [0.717, 1.165) is 49.1 Å². The lowest BCUT2D eigenvalue weighted by Gasteiger charge is -2.22. The number of nitrogens with zero attached hydrogens (tertiary/aromatic N) is 4. The molecule has 0 aliphatic carbocycles. The molecule has 9 heteroatoms. The standard InChI is InChI=1S/C25H32N4O4S/c1-4-29-22-12-8-7-11-21(22)26-24(29)18-27(2)25(30)20-17-19(13-14-23(20)33-3)34(31,32)28-15-9-5-6-10-16-28/h7-8,11-14,17H,4-6,9-10,15-16,18H2,1-3H3. The Morgan fingerprint density at radius 1 is 1.09 bits per heavy atom. The number of amides is 1. The van der Waals surface area contributed by atoms with Crippen LogP contribution in [0.3, 0.4) is 0 Å². The van der Waals surface area contributed by atoms with Crippen molar-refractivity contribution >= 4 is 27.0 Å². The van der Waals surface area contributed by atoms with Crippen LogP contribution in [-0.2, 0) is 23.1 Å². The highest BCUT2D eigenvalue weighted by Crippen LogP contribution is 2.27. The third-order valence-electron chi connectivity index (χ3n) is 6.38. The van der Waals surface area contributed by atoms with Crippen LogP contribution in [0.4, 0.5) is 0 Å². The van der Waals surface area contributed by atoms with Crippen LogP contribution in [0.2, 0.25) is 0 Å². The van der Waals surface area contributed by atoms with Crippen molar-refractivity contribution in [3.63, 3.8) is 0 Å². The third kappa shape index (κ3) is 4.67. The number of methoxy groups -OCH3 is 1. The first kappa shape index (κ1) is 24.2. The predicted molar refractivity (Wildman–Crippen MR) is 131 cm³/mol. The average Bonchev–Trinajstić information content (AvgIpc) is 3.00. The number of sulfonamides is 1. The summed E-state index contributed by atoms with van der Waals surface area (Å²) in [6.07, 6.45) is 3.77. The summed E-state index contributed by atoms with van der Waals surface area (Å²) in [5, 5.41) is 0. The maximum Gasteiger partial charge on any atom is 0.257 e. The number of rotatable bonds is 7. The van der Waals surface area contributed by atoms with E-state index in [-0.39, 0.29) is 22.9 Å². The molecular formula is C25H32N4O4S. The van der Waals surface area contributed by atoms with Crippen molar-refractivity contribution < 1.29 is 17.9 Å². The van der Waals surface area contributed by atoms with E-state index in [1.165, 1.54) is 23.5 Å². The molecule has 0 spiro atoms. The summed E-state index contributed by atoms with van der Waals surface area (Å²) in [6, 6.07) is 12.4. The molecule has 0 radical (unpaired) electrons. The number of imidazole rings is 1. The van der Waals surface area contributed by atoms with Gasteiger partial charge in [-0.2, -0.15) is 4.31 Å². The highest BCUT2D eigenvalue weighted by atomic mass is 32.2. The molecule has 0 unspecified atom stereocenters. The Labute approximate surface area is 201 Å². The molecule has 34 heavy (non-hydrogen) atoms. The molecule has 182 valence electrons. The summed E-state index contributed by atoms with van der Waals surface area (Å²) in [6.45, 7) is 4.06. The number of hydrogen-bond donors (Lipinski definition) is 0. The summed E-state index contributed by atoms with van der Waals surface area (Å²) in [7, 11) is -0.519. The minimum Gasteiger partial charge on any atom is -0.496 e. The van der Waals surface area contributed by atoms with Crippen molar-refractivity contribution in [2.75, 3.05) is 27.2 Å². The van der Waals surface area contributed by atoms with Gasteiger partial charge in [0.2, 0.25) is 10.0 Å². The summed E-state index contributed by atoms with van der Waals surface area (Å²) >= 11 is 0. The number of para-hydroxylation sites is 2. The van der Waals surface area contributed by atoms with Crippen LogP contribution in [0, 0.1) is 0 Å². The van der Waals surface area contributed by atoms with Crippen molar-refractivity contribution in [3.8, 4) is 5.75 Å². The largest absolute Gasteiger partial charge is 0.496 e. The fraction of sp³-hybridized carbons (Fsp3) is 0.440. The van der Waals surface area contributed by atoms with Crippen LogP contribution in [0.15, 0.2) is 47.4 Å². The van der Waals surface area contributed by atoms with Gasteiger partial charge < -0.3 is 14.2 Å². The van der Waals surface area contributed by atoms with E-state index in [4.69, 9.17) is 9.72 Å². The highest BCUT2D eigenvalue weighted by Gasteiger charge is 2.28. The van der Waals surface area contributed by atoms with E-state index < -0.39 is 10.0 Å². The number of carbonyl (C=O) groups excluding carboxylic acids is 1. The van der Waals surface area contributed by atoms with E-state index in [9.17, 15) is 13.2 Å². The van der Waals surface area contributed by atoms with Gasteiger partial charge in [0.25, 0.3) is 5.91 Å². The van der Waals surface area contributed by atoms with Crippen LogP contribution >= 0.6 is 0 Å². The van der Waals surface area contributed by atoms with Gasteiger partial charge in [-0.05, 0) is 50.1 Å². The lowest BCUT2D eigenvalue weighted by atomic mass is 10.1. The Hall–Kier alpha value is -2.91. The molecule has 1 fully saturated rings. The normalized spacial score (nSPS) is 15.3. The van der Waals surface area contributed by atoms with Crippen molar-refractivity contribution in [3.05, 3.63) is 53.9 Å². The minimum atomic E-state index is -3.69. The lowest BCUT2D eigenvalue weighted by molar-refractivity contribution is 0.0776. The van der Waals surface area contributed by atoms with E-state index in [0.29, 0.717) is 18.8 Å². The van der Waals surface area contributed by atoms with Crippen molar-refractivity contribution in [1.82, 2.24) is 18.8 Å². The molecule has 2 heterocycles. The fourth-order valence-electron chi connectivity index (χ4n) is 4.53. The second-order valence-corrected chi connectivity index (χ2v) is 10.5. The first-order valence-corrected chi connectivity index (χ1v) is 13.2. The number of carbonyl (C=O) groups is 1. The van der Waals surface area contributed by atoms with Gasteiger partial charge in [0.1, 0.15) is 11.6 Å². The van der Waals surface area contributed by atoms with Crippen LogP contribution in [-0.4, -0.2) is 60.3 Å². The van der Waals surface area contributed by atoms with Crippen LogP contribution in [0.1, 0.15) is 48.8 Å². The van der Waals surface area contributed by atoms with E-state index >= 15 is 0 Å². The molecular weight excluding hydrogens is 452 g/mol. The monoisotopic (exact) mass is 484 g/mol. The van der Waals surface area contributed by atoms with Crippen molar-refractivity contribution in [2.45, 2.75) is 50.6 Å². The fourth-order valence-corrected chi connectivity index (χ4v) is 6.08. The Balaban J connectivity index is 1.63. The maximum atomic E-state index is 13.5. The molecule has 1 aliphatic rings. The molecule has 0 atom stereocenters. The Kier molecular flexibility index (Phi) is 7.23. The van der Waals surface area contributed by atoms with Gasteiger partial charge in [-0.1, -0.05) is 25.0 Å². The topological polar surface area (TPSA) is 84.7 Å². The number of ether oxygens (including phenoxy) is 1. The predicted octanol–water partition coefficient (Wildman–Crippen LogP) is 3.90. The number of aryl methyl sites for hydroxylation is 1. The van der Waals surface area contributed by atoms with Crippen molar-refractivity contribution in [1.29, 1.82) is 0 Å². The third-order valence-corrected chi connectivity index (χ3v) is 8.27. The van der Waals surface area contributed by atoms with Gasteiger partial charge in [-0.15, -0.1) is 0 Å². The molecule has 0 bridgehead atoms.